The van der Waals surface area contributed by atoms with Crippen molar-refractivity contribution in [2.45, 2.75) is 38.6 Å². The summed E-state index contributed by atoms with van der Waals surface area (Å²) in [4.78, 5) is 27.0. The Bertz CT molecular complexity index is 315. The molecule has 0 atom stereocenters. The summed E-state index contributed by atoms with van der Waals surface area (Å²) < 4.78 is 0. The normalized spacial score (nSPS) is 20.7. The fourth-order valence-corrected chi connectivity index (χ4v) is 2.28. The number of nitrogens with zero attached hydrogens (tertiary/aromatic N) is 2. The second-order valence-electron chi connectivity index (χ2n) is 5.17. The van der Waals surface area contributed by atoms with E-state index in [2.05, 4.69) is 5.32 Å². The van der Waals surface area contributed by atoms with Gasteiger partial charge in [-0.05, 0) is 32.2 Å². The fraction of sp³-hybridized carbons (Fsp3) is 0.846. The monoisotopic (exact) mass is 253 g/mol. The Hall–Kier alpha value is -1.10. The Kier molecular flexibility index (Phi) is 4.58. The molecule has 1 heterocycles. The molecule has 0 bridgehead atoms. The third kappa shape index (κ3) is 3.45. The standard InChI is InChI=1S/C13H23N3O2/c1-2-7-15-9-10-16(13(18)12(15)17)8-3-6-14-11-4-5-11/h11,14H,2-10H2,1H3. The minimum Gasteiger partial charge on any atom is -0.333 e. The van der Waals surface area contributed by atoms with Crippen LogP contribution in [0, 0.1) is 0 Å². The molecule has 2 amide bonds. The predicted octanol–water partition coefficient (Wildman–Crippen LogP) is 0.209. The van der Waals surface area contributed by atoms with Gasteiger partial charge in [0.25, 0.3) is 0 Å². The van der Waals surface area contributed by atoms with Gasteiger partial charge in [0.15, 0.2) is 0 Å². The number of nitrogens with one attached hydrogen (secondary N) is 1. The maximum Gasteiger partial charge on any atom is 0.312 e. The number of carbonyl (C=O) groups is 2. The molecule has 102 valence electrons. The maximum absolute atomic E-state index is 11.9. The molecule has 5 nitrogen and oxygen atoms in total. The molecule has 18 heavy (non-hydrogen) atoms. The number of hydrogen-bond acceptors (Lipinski definition) is 3. The molecule has 0 unspecified atom stereocenters. The van der Waals surface area contributed by atoms with E-state index in [1.54, 1.807) is 9.80 Å². The third-order valence-electron chi connectivity index (χ3n) is 3.51. The van der Waals surface area contributed by atoms with Gasteiger partial charge < -0.3 is 15.1 Å². The van der Waals surface area contributed by atoms with Gasteiger partial charge in [0.05, 0.1) is 0 Å². The van der Waals surface area contributed by atoms with Crippen LogP contribution in [0.5, 0.6) is 0 Å². The molecule has 5 heteroatoms. The van der Waals surface area contributed by atoms with Gasteiger partial charge in [0.2, 0.25) is 0 Å². The zero-order valence-electron chi connectivity index (χ0n) is 11.2. The Morgan fingerprint density at radius 1 is 1.11 bits per heavy atom. The number of amides is 2. The molecule has 1 saturated carbocycles. The van der Waals surface area contributed by atoms with Crippen LogP contribution in [0.4, 0.5) is 0 Å². The topological polar surface area (TPSA) is 52.6 Å². The van der Waals surface area contributed by atoms with E-state index in [1.165, 1.54) is 12.8 Å². The highest BCUT2D eigenvalue weighted by Gasteiger charge is 2.31. The van der Waals surface area contributed by atoms with Gasteiger partial charge in [-0.2, -0.15) is 0 Å². The zero-order valence-corrected chi connectivity index (χ0v) is 11.2. The van der Waals surface area contributed by atoms with Crippen molar-refractivity contribution in [3.05, 3.63) is 0 Å². The van der Waals surface area contributed by atoms with Gasteiger partial charge in [0, 0.05) is 32.2 Å². The van der Waals surface area contributed by atoms with E-state index in [0.717, 1.165) is 19.4 Å². The maximum atomic E-state index is 11.9. The van der Waals surface area contributed by atoms with E-state index in [-0.39, 0.29) is 11.8 Å². The van der Waals surface area contributed by atoms with Crippen molar-refractivity contribution >= 4 is 11.8 Å². The summed E-state index contributed by atoms with van der Waals surface area (Å²) in [6.45, 7) is 5.74. The van der Waals surface area contributed by atoms with Crippen LogP contribution in [0.15, 0.2) is 0 Å². The molecule has 0 spiro atoms. The molecule has 1 saturated heterocycles. The first-order valence-electron chi connectivity index (χ1n) is 7.04. The smallest absolute Gasteiger partial charge is 0.312 e. The van der Waals surface area contributed by atoms with Gasteiger partial charge in [-0.1, -0.05) is 6.92 Å². The summed E-state index contributed by atoms with van der Waals surface area (Å²) in [5.41, 5.74) is 0. The Morgan fingerprint density at radius 2 is 1.72 bits per heavy atom. The third-order valence-corrected chi connectivity index (χ3v) is 3.51. The molecular weight excluding hydrogens is 230 g/mol. The SMILES string of the molecule is CCCN1CCN(CCCNC2CC2)C(=O)C1=O. The lowest BCUT2D eigenvalue weighted by atomic mass is 10.2. The first-order chi connectivity index (χ1) is 8.72. The van der Waals surface area contributed by atoms with Crippen LogP contribution in [0.3, 0.4) is 0 Å². The van der Waals surface area contributed by atoms with E-state index in [1.807, 2.05) is 6.92 Å². The molecule has 1 aliphatic heterocycles. The lowest BCUT2D eigenvalue weighted by Gasteiger charge is -2.33. The second kappa shape index (κ2) is 6.18. The van der Waals surface area contributed by atoms with Crippen molar-refractivity contribution in [3.8, 4) is 0 Å². The lowest BCUT2D eigenvalue weighted by Crippen LogP contribution is -2.54. The minimum atomic E-state index is -0.321. The van der Waals surface area contributed by atoms with Crippen LogP contribution < -0.4 is 5.32 Å². The molecule has 2 fully saturated rings. The average Bonchev–Trinajstić information content (AvgIpc) is 3.17. The average molecular weight is 253 g/mol. The molecule has 1 aliphatic carbocycles. The quantitative estimate of drug-likeness (QED) is 0.521. The van der Waals surface area contributed by atoms with Gasteiger partial charge in [0.1, 0.15) is 0 Å². The van der Waals surface area contributed by atoms with Crippen LogP contribution in [0.25, 0.3) is 0 Å². The van der Waals surface area contributed by atoms with Crippen molar-refractivity contribution in [1.29, 1.82) is 0 Å². The van der Waals surface area contributed by atoms with Crippen LogP contribution in [0.2, 0.25) is 0 Å². The summed E-state index contributed by atoms with van der Waals surface area (Å²) in [5.74, 6) is -0.639. The van der Waals surface area contributed by atoms with E-state index < -0.39 is 0 Å². The molecule has 2 rings (SSSR count). The second-order valence-corrected chi connectivity index (χ2v) is 5.17. The Labute approximate surface area is 108 Å². The van der Waals surface area contributed by atoms with Crippen molar-refractivity contribution in [2.75, 3.05) is 32.7 Å². The molecule has 0 aromatic carbocycles. The van der Waals surface area contributed by atoms with Crippen LogP contribution in [0.1, 0.15) is 32.6 Å². The number of hydrogen-bond donors (Lipinski definition) is 1. The largest absolute Gasteiger partial charge is 0.333 e. The molecule has 0 aromatic heterocycles. The zero-order chi connectivity index (χ0) is 13.0. The van der Waals surface area contributed by atoms with E-state index in [0.29, 0.717) is 32.2 Å². The van der Waals surface area contributed by atoms with E-state index in [4.69, 9.17) is 0 Å². The molecule has 2 aliphatic rings. The lowest BCUT2D eigenvalue weighted by molar-refractivity contribution is -0.156. The van der Waals surface area contributed by atoms with Crippen molar-refractivity contribution in [3.63, 3.8) is 0 Å². The highest BCUT2D eigenvalue weighted by atomic mass is 16.2. The van der Waals surface area contributed by atoms with Gasteiger partial charge in [-0.15, -0.1) is 0 Å². The van der Waals surface area contributed by atoms with Crippen LogP contribution in [-0.4, -0.2) is 60.4 Å². The number of piperazine rings is 1. The number of carbonyl (C=O) groups excluding carboxylic acids is 2. The summed E-state index contributed by atoms with van der Waals surface area (Å²) >= 11 is 0. The van der Waals surface area contributed by atoms with Crippen molar-refractivity contribution in [2.24, 2.45) is 0 Å². The first kappa shape index (κ1) is 13.3. The first-order valence-corrected chi connectivity index (χ1v) is 7.04. The van der Waals surface area contributed by atoms with E-state index >= 15 is 0 Å². The van der Waals surface area contributed by atoms with Gasteiger partial charge in [-0.25, -0.2) is 0 Å². The molecule has 1 N–H and O–H groups in total. The molecule has 0 aromatic rings. The summed E-state index contributed by atoms with van der Waals surface area (Å²) in [6.07, 6.45) is 4.41. The summed E-state index contributed by atoms with van der Waals surface area (Å²) in [7, 11) is 0. The summed E-state index contributed by atoms with van der Waals surface area (Å²) in [5, 5.41) is 3.42. The summed E-state index contributed by atoms with van der Waals surface area (Å²) in [6, 6.07) is 0.712. The highest BCUT2D eigenvalue weighted by Crippen LogP contribution is 2.18. The Morgan fingerprint density at radius 3 is 2.28 bits per heavy atom. The van der Waals surface area contributed by atoms with Crippen LogP contribution in [-0.2, 0) is 9.59 Å². The van der Waals surface area contributed by atoms with Gasteiger partial charge in [-0.3, -0.25) is 9.59 Å². The fourth-order valence-electron chi connectivity index (χ4n) is 2.28. The predicted molar refractivity (Wildman–Crippen MR) is 69.1 cm³/mol. The number of rotatable bonds is 7. The van der Waals surface area contributed by atoms with Crippen LogP contribution >= 0.6 is 0 Å². The molecular formula is C13H23N3O2. The molecule has 0 radical (unpaired) electrons. The van der Waals surface area contributed by atoms with Gasteiger partial charge >= 0.3 is 11.8 Å². The van der Waals surface area contributed by atoms with Crippen molar-refractivity contribution in [1.82, 2.24) is 15.1 Å². The Balaban J connectivity index is 1.69. The van der Waals surface area contributed by atoms with Crippen molar-refractivity contribution < 1.29 is 9.59 Å². The highest BCUT2D eigenvalue weighted by molar-refractivity contribution is 6.35. The van der Waals surface area contributed by atoms with E-state index in [9.17, 15) is 9.59 Å². The minimum absolute atomic E-state index is 0.318.